The Morgan fingerprint density at radius 1 is 1.25 bits per heavy atom. The maximum Gasteiger partial charge on any atom is 0.146 e. The van der Waals surface area contributed by atoms with Gasteiger partial charge in [-0.2, -0.15) is 0 Å². The van der Waals surface area contributed by atoms with E-state index in [1.54, 1.807) is 0 Å². The van der Waals surface area contributed by atoms with Crippen LogP contribution in [0, 0.1) is 6.92 Å². The Morgan fingerprint density at radius 3 is 2.65 bits per heavy atom. The van der Waals surface area contributed by atoms with Crippen molar-refractivity contribution in [2.75, 3.05) is 6.54 Å². The molecule has 0 saturated carbocycles. The monoisotopic (exact) mass is 334 g/mol. The Kier molecular flexibility index (Phi) is 3.89. The lowest BCUT2D eigenvalue weighted by molar-refractivity contribution is 0.239. The molecule has 0 spiro atoms. The van der Waals surface area contributed by atoms with Crippen molar-refractivity contribution in [3.8, 4) is 0 Å². The standard InChI is InChI=1S/C15H19BrN4/c1-11-17-18-15(19(11)2)10-20-9-3-4-14(20)12-5-7-13(16)8-6-12/h5-8,14H,3-4,9-10H2,1-2H3/t14-/m1/s1. The summed E-state index contributed by atoms with van der Waals surface area (Å²) in [5.74, 6) is 2.02. The topological polar surface area (TPSA) is 34.0 Å². The first kappa shape index (κ1) is 13.8. The van der Waals surface area contributed by atoms with Gasteiger partial charge in [-0.3, -0.25) is 4.90 Å². The van der Waals surface area contributed by atoms with Crippen LogP contribution in [0.1, 0.15) is 36.1 Å². The van der Waals surface area contributed by atoms with Gasteiger partial charge in [0.2, 0.25) is 0 Å². The van der Waals surface area contributed by atoms with Gasteiger partial charge in [0.05, 0.1) is 6.54 Å². The molecule has 20 heavy (non-hydrogen) atoms. The number of hydrogen-bond donors (Lipinski definition) is 0. The lowest BCUT2D eigenvalue weighted by atomic mass is 10.0. The van der Waals surface area contributed by atoms with Gasteiger partial charge in [-0.05, 0) is 44.0 Å². The van der Waals surface area contributed by atoms with Gasteiger partial charge in [0.25, 0.3) is 0 Å². The van der Waals surface area contributed by atoms with Crippen LogP contribution in [0.2, 0.25) is 0 Å². The van der Waals surface area contributed by atoms with E-state index in [1.165, 1.54) is 18.4 Å². The molecule has 1 aromatic carbocycles. The Hall–Kier alpha value is -1.20. The highest BCUT2D eigenvalue weighted by molar-refractivity contribution is 9.10. The molecule has 2 heterocycles. The van der Waals surface area contributed by atoms with Crippen molar-refractivity contribution in [3.63, 3.8) is 0 Å². The zero-order chi connectivity index (χ0) is 14.1. The number of rotatable bonds is 3. The predicted molar refractivity (Wildman–Crippen MR) is 82.3 cm³/mol. The summed E-state index contributed by atoms with van der Waals surface area (Å²) in [6.07, 6.45) is 2.47. The fourth-order valence-electron chi connectivity index (χ4n) is 2.85. The van der Waals surface area contributed by atoms with Crippen LogP contribution in [0.5, 0.6) is 0 Å². The first-order chi connectivity index (χ1) is 9.65. The minimum absolute atomic E-state index is 0.500. The van der Waals surface area contributed by atoms with Crippen LogP contribution in [0.4, 0.5) is 0 Å². The molecule has 4 nitrogen and oxygen atoms in total. The van der Waals surface area contributed by atoms with Gasteiger partial charge in [0, 0.05) is 17.6 Å². The van der Waals surface area contributed by atoms with Crippen LogP contribution in [-0.4, -0.2) is 26.2 Å². The Bertz CT molecular complexity index is 590. The normalized spacial score (nSPS) is 19.6. The first-order valence-electron chi connectivity index (χ1n) is 6.99. The lowest BCUT2D eigenvalue weighted by Crippen LogP contribution is -2.24. The van der Waals surface area contributed by atoms with Gasteiger partial charge >= 0.3 is 0 Å². The van der Waals surface area contributed by atoms with Gasteiger partial charge < -0.3 is 4.57 Å². The fourth-order valence-corrected chi connectivity index (χ4v) is 3.11. The summed E-state index contributed by atoms with van der Waals surface area (Å²) in [6, 6.07) is 9.18. The van der Waals surface area contributed by atoms with E-state index in [1.807, 2.05) is 14.0 Å². The van der Waals surface area contributed by atoms with Crippen LogP contribution in [-0.2, 0) is 13.6 Å². The molecule has 0 radical (unpaired) electrons. The molecule has 1 saturated heterocycles. The molecule has 0 bridgehead atoms. The molecule has 0 N–H and O–H groups in total. The quantitative estimate of drug-likeness (QED) is 0.864. The Balaban J connectivity index is 1.79. The molecule has 1 aliphatic rings. The molecule has 1 aromatic heterocycles. The number of aromatic nitrogens is 3. The molecule has 5 heteroatoms. The summed E-state index contributed by atoms with van der Waals surface area (Å²) in [7, 11) is 2.04. The Labute approximate surface area is 127 Å². The van der Waals surface area contributed by atoms with Crippen LogP contribution < -0.4 is 0 Å². The summed E-state index contributed by atoms with van der Waals surface area (Å²) >= 11 is 3.50. The molecule has 2 aromatic rings. The van der Waals surface area contributed by atoms with Gasteiger partial charge in [0.1, 0.15) is 11.6 Å². The second-order valence-electron chi connectivity index (χ2n) is 5.40. The predicted octanol–water partition coefficient (Wildman–Crippen LogP) is 3.22. The van der Waals surface area contributed by atoms with E-state index in [-0.39, 0.29) is 0 Å². The van der Waals surface area contributed by atoms with Crippen molar-refractivity contribution in [1.82, 2.24) is 19.7 Å². The highest BCUT2D eigenvalue weighted by atomic mass is 79.9. The van der Waals surface area contributed by atoms with Crippen molar-refractivity contribution in [2.24, 2.45) is 7.05 Å². The zero-order valence-corrected chi connectivity index (χ0v) is 13.5. The average molecular weight is 335 g/mol. The molecule has 1 aliphatic heterocycles. The van der Waals surface area contributed by atoms with Crippen LogP contribution in [0.3, 0.4) is 0 Å². The van der Waals surface area contributed by atoms with Crippen molar-refractivity contribution in [2.45, 2.75) is 32.4 Å². The third-order valence-corrected chi connectivity index (χ3v) is 4.67. The van der Waals surface area contributed by atoms with Crippen molar-refractivity contribution in [1.29, 1.82) is 0 Å². The summed E-state index contributed by atoms with van der Waals surface area (Å²) in [5.41, 5.74) is 1.39. The smallest absolute Gasteiger partial charge is 0.146 e. The molecular formula is C15H19BrN4. The molecule has 0 aliphatic carbocycles. The van der Waals surface area contributed by atoms with E-state index in [0.717, 1.165) is 29.2 Å². The third kappa shape index (κ3) is 2.65. The number of halogens is 1. The van der Waals surface area contributed by atoms with Gasteiger partial charge in [0.15, 0.2) is 0 Å². The summed E-state index contributed by atoms with van der Waals surface area (Å²) in [5, 5.41) is 8.43. The molecule has 1 fully saturated rings. The van der Waals surface area contributed by atoms with E-state index in [0.29, 0.717) is 6.04 Å². The van der Waals surface area contributed by atoms with Crippen molar-refractivity contribution < 1.29 is 0 Å². The van der Waals surface area contributed by atoms with Gasteiger partial charge in [-0.15, -0.1) is 10.2 Å². The molecule has 0 unspecified atom stereocenters. The summed E-state index contributed by atoms with van der Waals surface area (Å²) < 4.78 is 3.21. The number of nitrogens with zero attached hydrogens (tertiary/aromatic N) is 4. The van der Waals surface area contributed by atoms with E-state index in [9.17, 15) is 0 Å². The minimum Gasteiger partial charge on any atom is -0.317 e. The van der Waals surface area contributed by atoms with Gasteiger partial charge in [-0.25, -0.2) is 0 Å². The molecule has 106 valence electrons. The average Bonchev–Trinajstić information content (AvgIpc) is 3.02. The molecule has 3 rings (SSSR count). The number of likely N-dealkylation sites (tertiary alicyclic amines) is 1. The van der Waals surface area contributed by atoms with E-state index < -0.39 is 0 Å². The second-order valence-corrected chi connectivity index (χ2v) is 6.32. The second kappa shape index (κ2) is 5.66. The van der Waals surface area contributed by atoms with Crippen molar-refractivity contribution in [3.05, 3.63) is 46.0 Å². The molecule has 1 atom stereocenters. The first-order valence-corrected chi connectivity index (χ1v) is 7.79. The SMILES string of the molecule is Cc1nnc(CN2CCC[C@@H]2c2ccc(Br)cc2)n1C. The third-order valence-electron chi connectivity index (χ3n) is 4.15. The van der Waals surface area contributed by atoms with E-state index >= 15 is 0 Å². The van der Waals surface area contributed by atoms with Crippen LogP contribution >= 0.6 is 15.9 Å². The summed E-state index contributed by atoms with van der Waals surface area (Å²) in [6.45, 7) is 4.00. The lowest BCUT2D eigenvalue weighted by Gasteiger charge is -2.24. The number of aryl methyl sites for hydroxylation is 1. The maximum absolute atomic E-state index is 4.28. The molecule has 0 amide bonds. The number of benzene rings is 1. The van der Waals surface area contributed by atoms with Gasteiger partial charge in [-0.1, -0.05) is 28.1 Å². The van der Waals surface area contributed by atoms with E-state index in [2.05, 4.69) is 59.9 Å². The van der Waals surface area contributed by atoms with E-state index in [4.69, 9.17) is 0 Å². The largest absolute Gasteiger partial charge is 0.317 e. The number of hydrogen-bond acceptors (Lipinski definition) is 3. The van der Waals surface area contributed by atoms with Crippen LogP contribution in [0.25, 0.3) is 0 Å². The summed E-state index contributed by atoms with van der Waals surface area (Å²) in [4.78, 5) is 2.51. The molecular weight excluding hydrogens is 316 g/mol. The Morgan fingerprint density at radius 2 is 2.00 bits per heavy atom. The fraction of sp³-hybridized carbons (Fsp3) is 0.467. The minimum atomic E-state index is 0.500. The zero-order valence-electron chi connectivity index (χ0n) is 11.9. The maximum atomic E-state index is 4.28. The highest BCUT2D eigenvalue weighted by Gasteiger charge is 2.27. The highest BCUT2D eigenvalue weighted by Crippen LogP contribution is 2.33. The van der Waals surface area contributed by atoms with Crippen LogP contribution in [0.15, 0.2) is 28.7 Å². The van der Waals surface area contributed by atoms with Crippen molar-refractivity contribution >= 4 is 15.9 Å².